The lowest BCUT2D eigenvalue weighted by molar-refractivity contribution is -0.166. The van der Waals surface area contributed by atoms with Gasteiger partial charge in [0, 0.05) is 6.42 Å². The van der Waals surface area contributed by atoms with Gasteiger partial charge < -0.3 is 14.2 Å². The van der Waals surface area contributed by atoms with E-state index in [1.165, 1.54) is 7.11 Å². The van der Waals surface area contributed by atoms with E-state index < -0.39 is 0 Å². The summed E-state index contributed by atoms with van der Waals surface area (Å²) < 4.78 is 13.7. The highest BCUT2D eigenvalue weighted by atomic mass is 16.6. The average Bonchev–Trinajstić information content (AvgIpc) is 2.04. The third kappa shape index (κ3) is 5.25. The van der Waals surface area contributed by atoms with E-state index in [1.807, 2.05) is 13.0 Å². The quantitative estimate of drug-likeness (QED) is 0.481. The third-order valence-electron chi connectivity index (χ3n) is 1.44. The number of esters is 1. The van der Waals surface area contributed by atoms with Gasteiger partial charge in [-0.2, -0.15) is 0 Å². The van der Waals surface area contributed by atoms with Crippen LogP contribution in [0.4, 0.5) is 0 Å². The van der Waals surface area contributed by atoms with E-state index in [4.69, 9.17) is 4.74 Å². The molecule has 1 rings (SSSR count). The van der Waals surface area contributed by atoms with Gasteiger partial charge in [0.05, 0.1) is 27.1 Å². The van der Waals surface area contributed by atoms with Crippen molar-refractivity contribution in [1.29, 1.82) is 0 Å². The molecule has 0 aromatic heterocycles. The minimum absolute atomic E-state index is 0.253. The Balaban J connectivity index is 0.000000252. The monoisotopic (exact) mass is 188 g/mol. The summed E-state index contributed by atoms with van der Waals surface area (Å²) in [6, 6.07) is 0. The minimum atomic E-state index is -0.264. The van der Waals surface area contributed by atoms with Crippen molar-refractivity contribution in [3.8, 4) is 0 Å². The fourth-order valence-corrected chi connectivity index (χ4v) is 0.689. The van der Waals surface area contributed by atoms with E-state index in [-0.39, 0.29) is 12.1 Å². The highest BCUT2D eigenvalue weighted by Crippen LogP contribution is 2.11. The summed E-state index contributed by atoms with van der Waals surface area (Å²) in [5.41, 5.74) is 0. The summed E-state index contributed by atoms with van der Waals surface area (Å²) in [5, 5.41) is 0. The second kappa shape index (κ2) is 7.61. The summed E-state index contributed by atoms with van der Waals surface area (Å²) in [7, 11) is 2.99. The first-order chi connectivity index (χ1) is 6.26. The molecule has 13 heavy (non-hydrogen) atoms. The predicted octanol–water partition coefficient (Wildman–Crippen LogP) is 1.11. The Bertz CT molecular complexity index is 161. The van der Waals surface area contributed by atoms with E-state index in [1.54, 1.807) is 13.4 Å². The van der Waals surface area contributed by atoms with Gasteiger partial charge in [0.25, 0.3) is 0 Å². The Morgan fingerprint density at radius 3 is 2.23 bits per heavy atom. The number of carbonyl (C=O) groups is 1. The Morgan fingerprint density at radius 2 is 2.15 bits per heavy atom. The molecule has 4 heteroatoms. The molecule has 76 valence electrons. The van der Waals surface area contributed by atoms with Crippen LogP contribution >= 0.6 is 0 Å². The van der Waals surface area contributed by atoms with Crippen LogP contribution in [-0.4, -0.2) is 32.9 Å². The Labute approximate surface area is 78.5 Å². The van der Waals surface area contributed by atoms with Gasteiger partial charge in [0.15, 0.2) is 6.10 Å². The maximum Gasteiger partial charge on any atom is 0.335 e. The Morgan fingerprint density at radius 1 is 1.54 bits per heavy atom. The van der Waals surface area contributed by atoms with Crippen molar-refractivity contribution < 1.29 is 19.0 Å². The molecule has 4 nitrogen and oxygen atoms in total. The van der Waals surface area contributed by atoms with Crippen LogP contribution in [0, 0.1) is 0 Å². The molecule has 1 saturated heterocycles. The summed E-state index contributed by atoms with van der Waals surface area (Å²) in [5.74, 6) is -0.253. The van der Waals surface area contributed by atoms with E-state index in [2.05, 4.69) is 9.47 Å². The van der Waals surface area contributed by atoms with Gasteiger partial charge in [-0.25, -0.2) is 4.79 Å². The van der Waals surface area contributed by atoms with Gasteiger partial charge in [0.2, 0.25) is 0 Å². The molecule has 0 saturated carbocycles. The topological polar surface area (TPSA) is 44.8 Å². The third-order valence-corrected chi connectivity index (χ3v) is 1.44. The van der Waals surface area contributed by atoms with Crippen LogP contribution in [-0.2, 0) is 19.0 Å². The van der Waals surface area contributed by atoms with E-state index in [0.717, 1.165) is 6.42 Å². The van der Waals surface area contributed by atoms with Crippen molar-refractivity contribution in [2.75, 3.05) is 20.8 Å². The molecule has 1 heterocycles. The van der Waals surface area contributed by atoms with Gasteiger partial charge >= 0.3 is 5.97 Å². The first-order valence-corrected chi connectivity index (χ1v) is 4.09. The summed E-state index contributed by atoms with van der Waals surface area (Å²) in [6.07, 6.45) is 4.01. The summed E-state index contributed by atoms with van der Waals surface area (Å²) >= 11 is 0. The summed E-state index contributed by atoms with van der Waals surface area (Å²) in [4.78, 5) is 10.4. The standard InChI is InChI=1S/C5H8O3.C4H8O/c1-7-5(6)4-2-3-8-4;1-3-4-5-2/h4H,2-3H2,1H3;3-4H,1-2H3. The largest absolute Gasteiger partial charge is 0.505 e. The smallest absolute Gasteiger partial charge is 0.335 e. The van der Waals surface area contributed by atoms with Crippen LogP contribution in [0.3, 0.4) is 0 Å². The fourth-order valence-electron chi connectivity index (χ4n) is 0.689. The zero-order valence-electron chi connectivity index (χ0n) is 8.28. The number of methoxy groups -OCH3 is 2. The van der Waals surface area contributed by atoms with Crippen molar-refractivity contribution in [3.05, 3.63) is 12.3 Å². The van der Waals surface area contributed by atoms with Crippen molar-refractivity contribution in [1.82, 2.24) is 0 Å². The zero-order chi connectivity index (χ0) is 10.1. The second-order valence-corrected chi connectivity index (χ2v) is 2.38. The van der Waals surface area contributed by atoms with Crippen LogP contribution in [0.15, 0.2) is 12.3 Å². The molecule has 0 amide bonds. The molecule has 1 atom stereocenters. The molecular formula is C9H16O4. The number of carbonyl (C=O) groups excluding carboxylic acids is 1. The molecule has 1 aliphatic heterocycles. The maximum atomic E-state index is 10.4. The number of hydrogen-bond donors (Lipinski definition) is 0. The molecule has 0 spiro atoms. The number of rotatable bonds is 2. The molecule has 0 radical (unpaired) electrons. The molecule has 1 aliphatic rings. The molecular weight excluding hydrogens is 172 g/mol. The number of allylic oxidation sites excluding steroid dienone is 1. The lowest BCUT2D eigenvalue weighted by Crippen LogP contribution is -2.35. The van der Waals surface area contributed by atoms with Crippen LogP contribution in [0.25, 0.3) is 0 Å². The molecule has 0 aromatic rings. The van der Waals surface area contributed by atoms with Gasteiger partial charge in [0.1, 0.15) is 0 Å². The minimum Gasteiger partial charge on any atom is -0.505 e. The predicted molar refractivity (Wildman–Crippen MR) is 48.2 cm³/mol. The van der Waals surface area contributed by atoms with Crippen LogP contribution in [0.1, 0.15) is 13.3 Å². The van der Waals surface area contributed by atoms with Crippen molar-refractivity contribution in [3.63, 3.8) is 0 Å². The van der Waals surface area contributed by atoms with Gasteiger partial charge in [-0.3, -0.25) is 0 Å². The average molecular weight is 188 g/mol. The van der Waals surface area contributed by atoms with Gasteiger partial charge in [-0.05, 0) is 6.92 Å². The lowest BCUT2D eigenvalue weighted by Gasteiger charge is -2.22. The van der Waals surface area contributed by atoms with Crippen LogP contribution < -0.4 is 0 Å². The number of hydrogen-bond acceptors (Lipinski definition) is 4. The molecule has 1 fully saturated rings. The van der Waals surface area contributed by atoms with Crippen LogP contribution in [0.2, 0.25) is 0 Å². The van der Waals surface area contributed by atoms with E-state index in [0.29, 0.717) is 6.61 Å². The first kappa shape index (κ1) is 12.0. The molecule has 1 unspecified atom stereocenters. The van der Waals surface area contributed by atoms with Crippen molar-refractivity contribution in [2.24, 2.45) is 0 Å². The molecule has 0 aliphatic carbocycles. The Kier molecular flexibility index (Phi) is 7.01. The van der Waals surface area contributed by atoms with Crippen LogP contribution in [0.5, 0.6) is 0 Å². The van der Waals surface area contributed by atoms with Crippen molar-refractivity contribution >= 4 is 5.97 Å². The van der Waals surface area contributed by atoms with Gasteiger partial charge in [-0.15, -0.1) is 0 Å². The molecule has 0 bridgehead atoms. The fraction of sp³-hybridized carbons (Fsp3) is 0.667. The van der Waals surface area contributed by atoms with E-state index in [9.17, 15) is 4.79 Å². The zero-order valence-corrected chi connectivity index (χ0v) is 8.28. The first-order valence-electron chi connectivity index (χ1n) is 4.09. The molecule has 0 aromatic carbocycles. The van der Waals surface area contributed by atoms with Crippen molar-refractivity contribution in [2.45, 2.75) is 19.4 Å². The summed E-state index contributed by atoms with van der Waals surface area (Å²) in [6.45, 7) is 2.60. The molecule has 0 N–H and O–H groups in total. The number of ether oxygens (including phenoxy) is 3. The Hall–Kier alpha value is -1.03. The lowest BCUT2D eigenvalue weighted by atomic mass is 10.2. The highest BCUT2D eigenvalue weighted by Gasteiger charge is 2.26. The maximum absolute atomic E-state index is 10.4. The highest BCUT2D eigenvalue weighted by molar-refractivity contribution is 5.75. The van der Waals surface area contributed by atoms with Gasteiger partial charge in [-0.1, -0.05) is 6.08 Å². The SMILES string of the molecule is CC=COC.COC(=O)C1CCO1. The normalized spacial score (nSPS) is 19.8. The second-order valence-electron chi connectivity index (χ2n) is 2.38. The van der Waals surface area contributed by atoms with E-state index >= 15 is 0 Å².